The van der Waals surface area contributed by atoms with Crippen LogP contribution in [-0.4, -0.2) is 38.6 Å². The Kier molecular flexibility index (Phi) is 3.47. The molecule has 0 amide bonds. The molecular formula is C14H17N5O. The summed E-state index contributed by atoms with van der Waals surface area (Å²) < 4.78 is 6.62. The smallest absolute Gasteiger partial charge is 0.139 e. The zero-order chi connectivity index (χ0) is 13.9. The molecule has 20 heavy (non-hydrogen) atoms. The second kappa shape index (κ2) is 5.42. The van der Waals surface area contributed by atoms with Crippen molar-refractivity contribution in [3.63, 3.8) is 0 Å². The van der Waals surface area contributed by atoms with E-state index in [2.05, 4.69) is 39.6 Å². The molecule has 0 unspecified atom stereocenters. The van der Waals surface area contributed by atoms with Crippen LogP contribution in [0.5, 0.6) is 0 Å². The summed E-state index contributed by atoms with van der Waals surface area (Å²) in [6.07, 6.45) is 4.95. The lowest BCUT2D eigenvalue weighted by molar-refractivity contribution is 0.312. The number of rotatable bonds is 5. The van der Waals surface area contributed by atoms with Crippen molar-refractivity contribution in [2.45, 2.75) is 13.0 Å². The van der Waals surface area contributed by atoms with Gasteiger partial charge in [0.2, 0.25) is 0 Å². The maximum Gasteiger partial charge on any atom is 0.139 e. The third-order valence-corrected chi connectivity index (χ3v) is 3.35. The highest BCUT2D eigenvalue weighted by molar-refractivity contribution is 5.76. The van der Waals surface area contributed by atoms with E-state index >= 15 is 0 Å². The lowest BCUT2D eigenvalue weighted by Crippen LogP contribution is -2.20. The fourth-order valence-electron chi connectivity index (χ4n) is 2.28. The van der Waals surface area contributed by atoms with Crippen LogP contribution in [0.4, 0.5) is 0 Å². The standard InChI is InChI=1S/C14H17N5O/c1-18(7-6-11-8-15-19(2)9-11)10-12-4-3-5-13-14(12)17-20-16-13/h3-5,8-9H,6-7,10H2,1-2H3. The fraction of sp³-hybridized carbons (Fsp3) is 0.357. The number of aromatic nitrogens is 4. The third-order valence-electron chi connectivity index (χ3n) is 3.35. The summed E-state index contributed by atoms with van der Waals surface area (Å²) in [5.41, 5.74) is 4.04. The summed E-state index contributed by atoms with van der Waals surface area (Å²) in [5.74, 6) is 0. The van der Waals surface area contributed by atoms with Crippen LogP contribution in [0.3, 0.4) is 0 Å². The lowest BCUT2D eigenvalue weighted by Gasteiger charge is -2.16. The average Bonchev–Trinajstić information content (AvgIpc) is 3.05. The van der Waals surface area contributed by atoms with Gasteiger partial charge in [0.25, 0.3) is 0 Å². The van der Waals surface area contributed by atoms with Crippen molar-refractivity contribution >= 4 is 11.0 Å². The van der Waals surface area contributed by atoms with Crippen LogP contribution in [0, 0.1) is 0 Å². The van der Waals surface area contributed by atoms with Gasteiger partial charge < -0.3 is 4.90 Å². The number of nitrogens with zero attached hydrogens (tertiary/aromatic N) is 5. The topological polar surface area (TPSA) is 60.0 Å². The Hall–Kier alpha value is -2.21. The summed E-state index contributed by atoms with van der Waals surface area (Å²) in [5, 5.41) is 12.0. The molecule has 0 radical (unpaired) electrons. The first-order chi connectivity index (χ1) is 9.72. The van der Waals surface area contributed by atoms with E-state index in [1.165, 1.54) is 5.56 Å². The van der Waals surface area contributed by atoms with E-state index in [0.29, 0.717) is 0 Å². The summed E-state index contributed by atoms with van der Waals surface area (Å²) >= 11 is 0. The molecule has 2 aromatic heterocycles. The van der Waals surface area contributed by atoms with E-state index in [-0.39, 0.29) is 0 Å². The maximum absolute atomic E-state index is 4.79. The molecule has 0 aliphatic rings. The Morgan fingerprint density at radius 1 is 1.30 bits per heavy atom. The van der Waals surface area contributed by atoms with Crippen molar-refractivity contribution in [2.75, 3.05) is 13.6 Å². The Balaban J connectivity index is 1.63. The van der Waals surface area contributed by atoms with Crippen molar-refractivity contribution < 1.29 is 4.63 Å². The van der Waals surface area contributed by atoms with Gasteiger partial charge in [0.05, 0.1) is 6.20 Å². The summed E-state index contributed by atoms with van der Waals surface area (Å²) in [4.78, 5) is 2.26. The molecule has 1 aromatic carbocycles. The molecular weight excluding hydrogens is 254 g/mol. The molecule has 0 aliphatic heterocycles. The van der Waals surface area contributed by atoms with Crippen molar-refractivity contribution in [1.82, 2.24) is 25.0 Å². The first-order valence-electron chi connectivity index (χ1n) is 6.58. The van der Waals surface area contributed by atoms with Gasteiger partial charge in [-0.2, -0.15) is 5.10 Å². The molecule has 0 bridgehead atoms. The highest BCUT2D eigenvalue weighted by atomic mass is 16.6. The second-order valence-electron chi connectivity index (χ2n) is 5.06. The maximum atomic E-state index is 4.79. The molecule has 6 nitrogen and oxygen atoms in total. The predicted octanol–water partition coefficient (Wildman–Crippen LogP) is 1.63. The van der Waals surface area contributed by atoms with E-state index in [1.807, 2.05) is 30.1 Å². The van der Waals surface area contributed by atoms with Gasteiger partial charge in [-0.1, -0.05) is 12.1 Å². The monoisotopic (exact) mass is 271 g/mol. The fourth-order valence-corrected chi connectivity index (χ4v) is 2.28. The van der Waals surface area contributed by atoms with Gasteiger partial charge in [-0.3, -0.25) is 4.68 Å². The SMILES string of the molecule is CN(CCc1cnn(C)c1)Cc1cccc2nonc12. The van der Waals surface area contributed by atoms with E-state index in [4.69, 9.17) is 4.63 Å². The number of hydrogen-bond donors (Lipinski definition) is 0. The summed E-state index contributed by atoms with van der Waals surface area (Å²) in [6.45, 7) is 1.79. The number of hydrogen-bond acceptors (Lipinski definition) is 5. The van der Waals surface area contributed by atoms with Gasteiger partial charge >= 0.3 is 0 Å². The molecule has 0 atom stereocenters. The van der Waals surface area contributed by atoms with Gasteiger partial charge in [0.15, 0.2) is 0 Å². The molecule has 0 saturated heterocycles. The molecule has 3 rings (SSSR count). The van der Waals surface area contributed by atoms with Crippen LogP contribution >= 0.6 is 0 Å². The Labute approximate surface area is 116 Å². The lowest BCUT2D eigenvalue weighted by atomic mass is 10.1. The van der Waals surface area contributed by atoms with Gasteiger partial charge in [0.1, 0.15) is 11.0 Å². The Morgan fingerprint density at radius 3 is 3.00 bits per heavy atom. The normalized spacial score (nSPS) is 11.6. The third kappa shape index (κ3) is 2.70. The zero-order valence-electron chi connectivity index (χ0n) is 11.7. The van der Waals surface area contributed by atoms with Gasteiger partial charge in [-0.05, 0) is 41.0 Å². The van der Waals surface area contributed by atoms with Crippen LogP contribution in [0.1, 0.15) is 11.1 Å². The molecule has 3 aromatic rings. The number of fused-ring (bicyclic) bond motifs is 1. The molecule has 6 heteroatoms. The van der Waals surface area contributed by atoms with Crippen LogP contribution in [-0.2, 0) is 20.0 Å². The average molecular weight is 271 g/mol. The highest BCUT2D eigenvalue weighted by Crippen LogP contribution is 2.16. The van der Waals surface area contributed by atoms with E-state index < -0.39 is 0 Å². The minimum absolute atomic E-state index is 0.808. The first-order valence-corrected chi connectivity index (χ1v) is 6.58. The summed E-state index contributed by atoms with van der Waals surface area (Å²) in [6, 6.07) is 5.95. The largest absolute Gasteiger partial charge is 0.302 e. The Morgan fingerprint density at radius 2 is 2.20 bits per heavy atom. The number of likely N-dealkylation sites (N-methyl/N-ethyl adjacent to an activating group) is 1. The molecule has 2 heterocycles. The van der Waals surface area contributed by atoms with Crippen molar-refractivity contribution in [3.05, 3.63) is 41.7 Å². The Bertz CT molecular complexity index is 702. The molecule has 0 spiro atoms. The van der Waals surface area contributed by atoms with Crippen molar-refractivity contribution in [2.24, 2.45) is 7.05 Å². The van der Waals surface area contributed by atoms with Crippen LogP contribution in [0.25, 0.3) is 11.0 Å². The van der Waals surface area contributed by atoms with E-state index in [0.717, 1.165) is 36.1 Å². The van der Waals surface area contributed by atoms with Gasteiger partial charge in [-0.15, -0.1) is 0 Å². The van der Waals surface area contributed by atoms with E-state index in [1.54, 1.807) is 0 Å². The van der Waals surface area contributed by atoms with Gasteiger partial charge in [-0.25, -0.2) is 4.63 Å². The quantitative estimate of drug-likeness (QED) is 0.706. The van der Waals surface area contributed by atoms with Crippen LogP contribution < -0.4 is 0 Å². The second-order valence-corrected chi connectivity index (χ2v) is 5.06. The number of benzene rings is 1. The van der Waals surface area contributed by atoms with Crippen molar-refractivity contribution in [3.8, 4) is 0 Å². The summed E-state index contributed by atoms with van der Waals surface area (Å²) in [7, 11) is 4.04. The molecule has 104 valence electrons. The predicted molar refractivity (Wildman–Crippen MR) is 75.1 cm³/mol. The van der Waals surface area contributed by atoms with E-state index in [9.17, 15) is 0 Å². The van der Waals surface area contributed by atoms with Crippen molar-refractivity contribution in [1.29, 1.82) is 0 Å². The van der Waals surface area contributed by atoms with Crippen LogP contribution in [0.15, 0.2) is 35.2 Å². The molecule has 0 N–H and O–H groups in total. The number of aryl methyl sites for hydroxylation is 1. The molecule has 0 fully saturated rings. The van der Waals surface area contributed by atoms with Gasteiger partial charge in [0, 0.05) is 26.3 Å². The van der Waals surface area contributed by atoms with Crippen LogP contribution in [0.2, 0.25) is 0 Å². The zero-order valence-corrected chi connectivity index (χ0v) is 11.7. The highest BCUT2D eigenvalue weighted by Gasteiger charge is 2.09. The first kappa shape index (κ1) is 12.8. The molecule has 0 saturated carbocycles. The minimum Gasteiger partial charge on any atom is -0.302 e. The molecule has 0 aliphatic carbocycles. The minimum atomic E-state index is 0.808.